The van der Waals surface area contributed by atoms with Crippen LogP contribution in [-0.2, 0) is 4.79 Å². The van der Waals surface area contributed by atoms with Gasteiger partial charge in [0, 0.05) is 30.0 Å². The SMILES string of the molecule is O=C(CCC1=Cc2cc3ccoc3cc2OC1O)NCC(O)CO. The van der Waals surface area contributed by atoms with Gasteiger partial charge in [0.15, 0.2) is 0 Å². The molecule has 0 radical (unpaired) electrons. The summed E-state index contributed by atoms with van der Waals surface area (Å²) in [6.07, 6.45) is 1.79. The Kier molecular flexibility index (Phi) is 4.84. The number of carbonyl (C=O) groups excluding carboxylic acids is 1. The summed E-state index contributed by atoms with van der Waals surface area (Å²) in [6.45, 7) is -0.411. The third-order valence-corrected chi connectivity index (χ3v) is 3.87. The normalized spacial score (nSPS) is 17.8. The van der Waals surface area contributed by atoms with Gasteiger partial charge in [-0.3, -0.25) is 4.79 Å². The lowest BCUT2D eigenvalue weighted by Crippen LogP contribution is -2.34. The molecule has 1 aromatic heterocycles. The molecule has 24 heavy (non-hydrogen) atoms. The lowest BCUT2D eigenvalue weighted by atomic mass is 10.0. The van der Waals surface area contributed by atoms with Crippen molar-refractivity contribution in [3.05, 3.63) is 35.6 Å². The maximum Gasteiger partial charge on any atom is 0.220 e. The van der Waals surface area contributed by atoms with Gasteiger partial charge in [-0.15, -0.1) is 0 Å². The van der Waals surface area contributed by atoms with Crippen LogP contribution in [0, 0.1) is 0 Å². The summed E-state index contributed by atoms with van der Waals surface area (Å²) in [7, 11) is 0. The molecular weight excluding hydrogens is 314 g/mol. The number of fused-ring (bicyclic) bond motifs is 2. The Bertz CT molecular complexity index is 766. The van der Waals surface area contributed by atoms with E-state index in [0.29, 0.717) is 23.3 Å². The molecule has 128 valence electrons. The van der Waals surface area contributed by atoms with Crippen LogP contribution in [-0.4, -0.2) is 46.8 Å². The molecule has 1 amide bonds. The van der Waals surface area contributed by atoms with Gasteiger partial charge in [0.05, 0.1) is 19.0 Å². The first-order chi connectivity index (χ1) is 11.6. The van der Waals surface area contributed by atoms with Gasteiger partial charge < -0.3 is 29.8 Å². The Balaban J connectivity index is 1.66. The molecule has 0 bridgehead atoms. The zero-order chi connectivity index (χ0) is 17.1. The van der Waals surface area contributed by atoms with E-state index in [2.05, 4.69) is 5.32 Å². The van der Waals surface area contributed by atoms with E-state index in [1.165, 1.54) is 0 Å². The van der Waals surface area contributed by atoms with Crippen LogP contribution in [0.4, 0.5) is 0 Å². The molecule has 7 heteroatoms. The molecule has 2 aromatic rings. The standard InChI is InChI=1S/C17H19NO6/c19-9-13(20)8-18-16(21)2-1-11-6-12-5-10-3-4-23-14(10)7-15(12)24-17(11)22/h3-7,13,17,19-20,22H,1-2,8-9H2,(H,18,21). The Morgan fingerprint density at radius 2 is 2.21 bits per heavy atom. The number of benzene rings is 1. The summed E-state index contributed by atoms with van der Waals surface area (Å²) in [5.74, 6) is 0.260. The molecule has 2 unspecified atom stereocenters. The molecule has 1 aromatic carbocycles. The quantitative estimate of drug-likeness (QED) is 0.621. The van der Waals surface area contributed by atoms with E-state index in [4.69, 9.17) is 14.3 Å². The maximum absolute atomic E-state index is 11.7. The van der Waals surface area contributed by atoms with Gasteiger partial charge in [-0.2, -0.15) is 0 Å². The molecule has 2 heterocycles. The molecule has 2 atom stereocenters. The van der Waals surface area contributed by atoms with E-state index in [0.717, 1.165) is 10.9 Å². The van der Waals surface area contributed by atoms with Crippen LogP contribution < -0.4 is 10.1 Å². The molecule has 7 nitrogen and oxygen atoms in total. The zero-order valence-electron chi connectivity index (χ0n) is 12.9. The average Bonchev–Trinajstić information content (AvgIpc) is 3.02. The average molecular weight is 333 g/mol. The van der Waals surface area contributed by atoms with Crippen molar-refractivity contribution in [1.82, 2.24) is 5.32 Å². The Labute approximate surface area is 138 Å². The second kappa shape index (κ2) is 7.04. The van der Waals surface area contributed by atoms with Crippen molar-refractivity contribution in [1.29, 1.82) is 0 Å². The van der Waals surface area contributed by atoms with E-state index >= 15 is 0 Å². The van der Waals surface area contributed by atoms with Crippen LogP contribution in [0.25, 0.3) is 17.0 Å². The highest BCUT2D eigenvalue weighted by molar-refractivity contribution is 5.84. The summed E-state index contributed by atoms with van der Waals surface area (Å²) in [6, 6.07) is 5.47. The van der Waals surface area contributed by atoms with Gasteiger partial charge in [-0.25, -0.2) is 0 Å². The van der Waals surface area contributed by atoms with Crippen LogP contribution in [0.1, 0.15) is 18.4 Å². The topological polar surface area (TPSA) is 112 Å². The van der Waals surface area contributed by atoms with E-state index < -0.39 is 19.0 Å². The first-order valence-electron chi connectivity index (χ1n) is 7.69. The van der Waals surface area contributed by atoms with Crippen molar-refractivity contribution in [2.45, 2.75) is 25.2 Å². The first kappa shape index (κ1) is 16.5. The lowest BCUT2D eigenvalue weighted by molar-refractivity contribution is -0.121. The maximum atomic E-state index is 11.7. The van der Waals surface area contributed by atoms with Crippen molar-refractivity contribution < 1.29 is 29.3 Å². The van der Waals surface area contributed by atoms with Gasteiger partial charge in [-0.1, -0.05) is 0 Å². The highest BCUT2D eigenvalue weighted by atomic mass is 16.6. The highest BCUT2D eigenvalue weighted by Crippen LogP contribution is 2.34. The fraction of sp³-hybridized carbons (Fsp3) is 0.353. The van der Waals surface area contributed by atoms with E-state index in [1.807, 2.05) is 18.2 Å². The number of hydrogen-bond donors (Lipinski definition) is 4. The van der Waals surface area contributed by atoms with Crippen molar-refractivity contribution in [2.24, 2.45) is 0 Å². The van der Waals surface area contributed by atoms with Gasteiger partial charge in [0.2, 0.25) is 12.2 Å². The monoisotopic (exact) mass is 333 g/mol. The number of furan rings is 1. The number of rotatable bonds is 6. The molecule has 0 fully saturated rings. The predicted octanol–water partition coefficient (Wildman–Crippen LogP) is 0.777. The van der Waals surface area contributed by atoms with Crippen LogP contribution in [0.5, 0.6) is 5.75 Å². The fourth-order valence-electron chi connectivity index (χ4n) is 2.53. The molecule has 3 rings (SSSR count). The summed E-state index contributed by atoms with van der Waals surface area (Å²) in [5.41, 5.74) is 2.10. The van der Waals surface area contributed by atoms with E-state index in [9.17, 15) is 15.0 Å². The van der Waals surface area contributed by atoms with Crippen LogP contribution >= 0.6 is 0 Å². The third-order valence-electron chi connectivity index (χ3n) is 3.87. The zero-order valence-corrected chi connectivity index (χ0v) is 12.9. The molecule has 1 aliphatic rings. The molecular formula is C17H19NO6. The number of amides is 1. The largest absolute Gasteiger partial charge is 0.464 e. The van der Waals surface area contributed by atoms with Crippen LogP contribution in [0.3, 0.4) is 0 Å². The van der Waals surface area contributed by atoms with Crippen LogP contribution in [0.2, 0.25) is 0 Å². The Hall–Kier alpha value is -2.35. The predicted molar refractivity (Wildman–Crippen MR) is 86.2 cm³/mol. The fourth-order valence-corrected chi connectivity index (χ4v) is 2.53. The number of hydrogen-bond acceptors (Lipinski definition) is 6. The van der Waals surface area contributed by atoms with Crippen molar-refractivity contribution in [3.63, 3.8) is 0 Å². The molecule has 0 saturated carbocycles. The second-order valence-electron chi connectivity index (χ2n) is 5.68. The van der Waals surface area contributed by atoms with E-state index in [-0.39, 0.29) is 18.9 Å². The van der Waals surface area contributed by atoms with Crippen molar-refractivity contribution >= 4 is 23.0 Å². The smallest absolute Gasteiger partial charge is 0.220 e. The van der Waals surface area contributed by atoms with Gasteiger partial charge in [-0.05, 0) is 30.2 Å². The molecule has 0 spiro atoms. The molecule has 0 aliphatic carbocycles. The number of nitrogens with one attached hydrogen (secondary N) is 1. The Morgan fingerprint density at radius 1 is 1.38 bits per heavy atom. The molecule has 4 N–H and O–H groups in total. The molecule has 0 saturated heterocycles. The second-order valence-corrected chi connectivity index (χ2v) is 5.68. The minimum atomic E-state index is -1.11. The number of aliphatic hydroxyl groups excluding tert-OH is 3. The lowest BCUT2D eigenvalue weighted by Gasteiger charge is -2.23. The highest BCUT2D eigenvalue weighted by Gasteiger charge is 2.22. The first-order valence-corrected chi connectivity index (χ1v) is 7.69. The third kappa shape index (κ3) is 3.59. The Morgan fingerprint density at radius 3 is 3.00 bits per heavy atom. The number of ether oxygens (including phenoxy) is 1. The summed E-state index contributed by atoms with van der Waals surface area (Å²) < 4.78 is 10.8. The number of carbonyl (C=O) groups is 1. The summed E-state index contributed by atoms with van der Waals surface area (Å²) in [4.78, 5) is 11.7. The summed E-state index contributed by atoms with van der Waals surface area (Å²) in [5, 5.41) is 31.4. The number of aliphatic hydroxyl groups is 3. The van der Waals surface area contributed by atoms with Gasteiger partial charge in [0.1, 0.15) is 11.3 Å². The van der Waals surface area contributed by atoms with Crippen molar-refractivity contribution in [2.75, 3.05) is 13.2 Å². The van der Waals surface area contributed by atoms with Crippen molar-refractivity contribution in [3.8, 4) is 5.75 Å². The minimum absolute atomic E-state index is 0.00522. The van der Waals surface area contributed by atoms with Crippen LogP contribution in [0.15, 0.2) is 34.5 Å². The van der Waals surface area contributed by atoms with Gasteiger partial charge >= 0.3 is 0 Å². The van der Waals surface area contributed by atoms with Gasteiger partial charge in [0.25, 0.3) is 0 Å². The summed E-state index contributed by atoms with van der Waals surface area (Å²) >= 11 is 0. The van der Waals surface area contributed by atoms with E-state index in [1.54, 1.807) is 12.3 Å². The molecule has 1 aliphatic heterocycles. The minimum Gasteiger partial charge on any atom is -0.464 e.